The Kier molecular flexibility index (Phi) is 4.79. The molecule has 1 aliphatic rings. The van der Waals surface area contributed by atoms with Gasteiger partial charge in [0.1, 0.15) is 11.4 Å². The van der Waals surface area contributed by atoms with Crippen LogP contribution in [0, 0.1) is 0 Å². The van der Waals surface area contributed by atoms with E-state index in [1.807, 2.05) is 24.3 Å². The van der Waals surface area contributed by atoms with Crippen molar-refractivity contribution in [2.24, 2.45) is 0 Å². The zero-order valence-electron chi connectivity index (χ0n) is 15.8. The van der Waals surface area contributed by atoms with Gasteiger partial charge in [-0.3, -0.25) is 19.3 Å². The highest BCUT2D eigenvalue weighted by Crippen LogP contribution is 2.32. The van der Waals surface area contributed by atoms with Gasteiger partial charge < -0.3 is 5.32 Å². The summed E-state index contributed by atoms with van der Waals surface area (Å²) in [5.74, 6) is -1.07. The van der Waals surface area contributed by atoms with E-state index in [9.17, 15) is 14.4 Å². The fourth-order valence-corrected chi connectivity index (χ4v) is 3.40. The molecular weight excluding hydrogens is 364 g/mol. The van der Waals surface area contributed by atoms with E-state index in [0.717, 1.165) is 0 Å². The van der Waals surface area contributed by atoms with Gasteiger partial charge in [0.2, 0.25) is 17.5 Å². The van der Waals surface area contributed by atoms with Crippen molar-refractivity contribution < 1.29 is 14.4 Å². The summed E-state index contributed by atoms with van der Waals surface area (Å²) in [5, 5.41) is 3.07. The molecule has 1 N–H and O–H groups in total. The molecule has 1 amide bonds. The molecule has 1 aliphatic carbocycles. The number of Topliss-reactive ketones (excluding diaryl/α,β-unsaturated/α-hetero) is 2. The van der Waals surface area contributed by atoms with Crippen LogP contribution in [-0.2, 0) is 4.79 Å². The molecule has 0 bridgehead atoms. The molecular formula is C24H18N2O3. The van der Waals surface area contributed by atoms with Crippen molar-refractivity contribution in [1.29, 1.82) is 0 Å². The maximum Gasteiger partial charge on any atom is 0.228 e. The van der Waals surface area contributed by atoms with Gasteiger partial charge in [-0.25, -0.2) is 0 Å². The number of fused-ring (bicyclic) bond motifs is 1. The smallest absolute Gasteiger partial charge is 0.228 e. The van der Waals surface area contributed by atoms with Gasteiger partial charge in [0.05, 0.1) is 0 Å². The van der Waals surface area contributed by atoms with Crippen molar-refractivity contribution in [3.8, 4) is 0 Å². The van der Waals surface area contributed by atoms with Crippen molar-refractivity contribution in [3.63, 3.8) is 0 Å². The van der Waals surface area contributed by atoms with Gasteiger partial charge in [-0.15, -0.1) is 0 Å². The maximum absolute atomic E-state index is 13.4. The van der Waals surface area contributed by atoms with E-state index >= 15 is 0 Å². The quantitative estimate of drug-likeness (QED) is 0.724. The number of ketones is 2. The molecule has 0 saturated heterocycles. The number of nitrogens with zero attached hydrogens (tertiary/aromatic N) is 1. The van der Waals surface area contributed by atoms with Gasteiger partial charge in [0.15, 0.2) is 0 Å². The van der Waals surface area contributed by atoms with Gasteiger partial charge in [-0.2, -0.15) is 0 Å². The molecule has 142 valence electrons. The predicted molar refractivity (Wildman–Crippen MR) is 112 cm³/mol. The van der Waals surface area contributed by atoms with Crippen LogP contribution in [0.15, 0.2) is 96.3 Å². The molecule has 29 heavy (non-hydrogen) atoms. The molecule has 0 saturated carbocycles. The lowest BCUT2D eigenvalue weighted by molar-refractivity contribution is -0.116. The summed E-state index contributed by atoms with van der Waals surface area (Å²) < 4.78 is 0. The van der Waals surface area contributed by atoms with Crippen LogP contribution in [0.2, 0.25) is 0 Å². The molecule has 0 unspecified atom stereocenters. The normalized spacial score (nSPS) is 13.1. The number of hydrogen-bond acceptors (Lipinski definition) is 4. The number of para-hydroxylation sites is 2. The highest BCUT2D eigenvalue weighted by molar-refractivity contribution is 6.30. The first-order chi connectivity index (χ1) is 14.1. The van der Waals surface area contributed by atoms with E-state index in [1.54, 1.807) is 60.7 Å². The number of carbonyl (C=O) groups is 3. The first-order valence-electron chi connectivity index (χ1n) is 9.18. The molecule has 5 nitrogen and oxygen atoms in total. The summed E-state index contributed by atoms with van der Waals surface area (Å²) in [6.07, 6.45) is 0. The largest absolute Gasteiger partial charge is 0.350 e. The fourth-order valence-electron chi connectivity index (χ4n) is 3.40. The zero-order chi connectivity index (χ0) is 20.4. The van der Waals surface area contributed by atoms with Gasteiger partial charge in [-0.1, -0.05) is 60.7 Å². The van der Waals surface area contributed by atoms with Gasteiger partial charge in [0.25, 0.3) is 0 Å². The van der Waals surface area contributed by atoms with Gasteiger partial charge >= 0.3 is 0 Å². The Labute approximate surface area is 168 Å². The molecule has 3 aromatic carbocycles. The average Bonchev–Trinajstić information content (AvgIpc) is 2.75. The Bertz CT molecular complexity index is 1140. The highest BCUT2D eigenvalue weighted by atomic mass is 16.2. The third kappa shape index (κ3) is 3.34. The Hall–Kier alpha value is -3.99. The monoisotopic (exact) mass is 382 g/mol. The van der Waals surface area contributed by atoms with E-state index < -0.39 is 0 Å². The molecule has 0 aromatic heterocycles. The standard InChI is InChI=1S/C24H18N2O3/c1-16(27)26(18-12-6-3-7-13-18)22-21(25-17-10-4-2-5-11-17)23(28)19-14-8-9-15-20(19)24(22)29/h2-15,25H,1H3. The van der Waals surface area contributed by atoms with E-state index in [4.69, 9.17) is 0 Å². The number of anilines is 2. The number of amides is 1. The molecule has 0 radical (unpaired) electrons. The zero-order valence-corrected chi connectivity index (χ0v) is 15.8. The Balaban J connectivity index is 1.95. The van der Waals surface area contributed by atoms with Gasteiger partial charge in [-0.05, 0) is 24.3 Å². The van der Waals surface area contributed by atoms with E-state index in [1.165, 1.54) is 11.8 Å². The number of allylic oxidation sites excluding steroid dienone is 2. The molecule has 0 heterocycles. The lowest BCUT2D eigenvalue weighted by Crippen LogP contribution is -2.39. The second kappa shape index (κ2) is 7.56. The van der Waals surface area contributed by atoms with Crippen LogP contribution < -0.4 is 10.2 Å². The third-order valence-corrected chi connectivity index (χ3v) is 4.69. The van der Waals surface area contributed by atoms with Crippen LogP contribution in [0.25, 0.3) is 0 Å². The van der Waals surface area contributed by atoms with Crippen LogP contribution in [0.4, 0.5) is 11.4 Å². The molecule has 0 fully saturated rings. The summed E-state index contributed by atoms with van der Waals surface area (Å²) >= 11 is 0. The van der Waals surface area contributed by atoms with Crippen LogP contribution >= 0.6 is 0 Å². The fraction of sp³-hybridized carbons (Fsp3) is 0.0417. The number of rotatable bonds is 4. The molecule has 0 atom stereocenters. The lowest BCUT2D eigenvalue weighted by atomic mass is 9.89. The van der Waals surface area contributed by atoms with Crippen molar-refractivity contribution in [2.45, 2.75) is 6.92 Å². The Morgan fingerprint density at radius 3 is 1.83 bits per heavy atom. The summed E-state index contributed by atoms with van der Waals surface area (Å²) in [5.41, 5.74) is 1.87. The lowest BCUT2D eigenvalue weighted by Gasteiger charge is -2.29. The van der Waals surface area contributed by atoms with Crippen LogP contribution in [0.1, 0.15) is 27.6 Å². The molecule has 3 aromatic rings. The van der Waals surface area contributed by atoms with Crippen molar-refractivity contribution in [3.05, 3.63) is 107 Å². The van der Waals surface area contributed by atoms with Gasteiger partial charge in [0, 0.05) is 29.4 Å². The number of nitrogens with one attached hydrogen (secondary N) is 1. The summed E-state index contributed by atoms with van der Waals surface area (Å²) in [6, 6.07) is 24.6. The molecule has 0 aliphatic heterocycles. The summed E-state index contributed by atoms with van der Waals surface area (Å²) in [7, 11) is 0. The Morgan fingerprint density at radius 2 is 1.24 bits per heavy atom. The predicted octanol–water partition coefficient (Wildman–Crippen LogP) is 4.44. The minimum Gasteiger partial charge on any atom is -0.350 e. The number of carbonyl (C=O) groups excluding carboxylic acids is 3. The number of hydrogen-bond donors (Lipinski definition) is 1. The molecule has 0 spiro atoms. The summed E-state index contributed by atoms with van der Waals surface area (Å²) in [6.45, 7) is 1.37. The van der Waals surface area contributed by atoms with Crippen LogP contribution in [0.3, 0.4) is 0 Å². The average molecular weight is 382 g/mol. The number of benzene rings is 3. The molecule has 5 heteroatoms. The second-order valence-corrected chi connectivity index (χ2v) is 6.61. The van der Waals surface area contributed by atoms with E-state index in [-0.39, 0.29) is 34.4 Å². The third-order valence-electron chi connectivity index (χ3n) is 4.69. The van der Waals surface area contributed by atoms with Crippen molar-refractivity contribution in [2.75, 3.05) is 10.2 Å². The van der Waals surface area contributed by atoms with Crippen LogP contribution in [0.5, 0.6) is 0 Å². The van der Waals surface area contributed by atoms with E-state index in [2.05, 4.69) is 5.32 Å². The van der Waals surface area contributed by atoms with Crippen molar-refractivity contribution >= 4 is 28.8 Å². The first kappa shape index (κ1) is 18.4. The highest BCUT2D eigenvalue weighted by Gasteiger charge is 2.37. The van der Waals surface area contributed by atoms with Crippen LogP contribution in [-0.4, -0.2) is 17.5 Å². The Morgan fingerprint density at radius 1 is 0.724 bits per heavy atom. The molecule has 4 rings (SSSR count). The minimum absolute atomic E-state index is 0.0243. The second-order valence-electron chi connectivity index (χ2n) is 6.61. The van der Waals surface area contributed by atoms with E-state index in [0.29, 0.717) is 16.9 Å². The topological polar surface area (TPSA) is 66.5 Å². The first-order valence-corrected chi connectivity index (χ1v) is 9.18. The summed E-state index contributed by atoms with van der Waals surface area (Å²) in [4.78, 5) is 40.7. The SMILES string of the molecule is CC(=O)N(C1=C(Nc2ccccc2)C(=O)c2ccccc2C1=O)c1ccccc1. The minimum atomic E-state index is -0.377. The maximum atomic E-state index is 13.4. The van der Waals surface area contributed by atoms with Crippen molar-refractivity contribution in [1.82, 2.24) is 0 Å².